The third kappa shape index (κ3) is 5.14. The van der Waals surface area contributed by atoms with Gasteiger partial charge in [0.1, 0.15) is 11.6 Å². The van der Waals surface area contributed by atoms with E-state index in [0.717, 1.165) is 35.7 Å². The lowest BCUT2D eigenvalue weighted by atomic mass is 10.0. The van der Waals surface area contributed by atoms with Crippen LogP contribution in [-0.4, -0.2) is 55.1 Å². The lowest BCUT2D eigenvalue weighted by Gasteiger charge is -2.35. The van der Waals surface area contributed by atoms with Crippen molar-refractivity contribution in [1.29, 1.82) is 0 Å². The first-order valence-electron chi connectivity index (χ1n) is 10.3. The summed E-state index contributed by atoms with van der Waals surface area (Å²) in [4.78, 5) is 12.0. The highest BCUT2D eigenvalue weighted by molar-refractivity contribution is 7.88. The van der Waals surface area contributed by atoms with Crippen LogP contribution in [-0.2, 0) is 16.4 Å². The van der Waals surface area contributed by atoms with Gasteiger partial charge in [-0.1, -0.05) is 43.7 Å². The molecule has 0 unspecified atom stereocenters. The molecule has 1 saturated heterocycles. The van der Waals surface area contributed by atoms with Crippen LogP contribution in [0.5, 0.6) is 0 Å². The Labute approximate surface area is 175 Å². The molecule has 1 atom stereocenters. The number of anilines is 1. The van der Waals surface area contributed by atoms with Gasteiger partial charge in [-0.25, -0.2) is 18.4 Å². The van der Waals surface area contributed by atoms with Crippen LogP contribution >= 0.6 is 0 Å². The van der Waals surface area contributed by atoms with E-state index in [0.29, 0.717) is 26.2 Å². The minimum absolute atomic E-state index is 0.290. The molecule has 0 N–H and O–H groups in total. The van der Waals surface area contributed by atoms with E-state index >= 15 is 0 Å². The first-order chi connectivity index (χ1) is 13.7. The van der Waals surface area contributed by atoms with Crippen molar-refractivity contribution in [3.63, 3.8) is 0 Å². The zero-order valence-electron chi connectivity index (χ0n) is 18.1. The van der Waals surface area contributed by atoms with Crippen molar-refractivity contribution in [1.82, 2.24) is 14.3 Å². The molecule has 1 aromatic carbocycles. The van der Waals surface area contributed by atoms with Gasteiger partial charge in [0.05, 0.1) is 6.26 Å². The van der Waals surface area contributed by atoms with Gasteiger partial charge in [-0.05, 0) is 25.8 Å². The Morgan fingerprint density at radius 1 is 1.10 bits per heavy atom. The minimum atomic E-state index is -3.15. The van der Waals surface area contributed by atoms with Crippen LogP contribution in [0.2, 0.25) is 0 Å². The molecular formula is C22H32N4O2S. The highest BCUT2D eigenvalue weighted by Crippen LogP contribution is 2.28. The topological polar surface area (TPSA) is 66.4 Å². The van der Waals surface area contributed by atoms with Gasteiger partial charge in [0.15, 0.2) is 0 Å². The maximum absolute atomic E-state index is 11.9. The normalized spacial score (nSPS) is 16.8. The third-order valence-electron chi connectivity index (χ3n) is 5.73. The van der Waals surface area contributed by atoms with E-state index in [1.807, 2.05) is 0 Å². The van der Waals surface area contributed by atoms with Gasteiger partial charge in [-0.3, -0.25) is 0 Å². The second-order valence-corrected chi connectivity index (χ2v) is 10.1. The van der Waals surface area contributed by atoms with Crippen molar-refractivity contribution in [2.24, 2.45) is 0 Å². The Morgan fingerprint density at radius 3 is 2.38 bits per heavy atom. The predicted octanol–water partition coefficient (Wildman–Crippen LogP) is 3.28. The summed E-state index contributed by atoms with van der Waals surface area (Å²) >= 11 is 0. The summed E-state index contributed by atoms with van der Waals surface area (Å²) in [5.74, 6) is 2.12. The van der Waals surface area contributed by atoms with Gasteiger partial charge in [0.2, 0.25) is 10.0 Å². The zero-order chi connectivity index (χ0) is 21.2. The number of hydrogen-bond donors (Lipinski definition) is 0. The van der Waals surface area contributed by atoms with E-state index in [1.54, 1.807) is 4.31 Å². The first kappa shape index (κ1) is 21.7. The van der Waals surface area contributed by atoms with E-state index in [1.165, 1.54) is 17.4 Å². The second kappa shape index (κ2) is 8.79. The van der Waals surface area contributed by atoms with Crippen LogP contribution in [0.25, 0.3) is 0 Å². The van der Waals surface area contributed by atoms with Crippen LogP contribution in [0, 0.1) is 13.8 Å². The zero-order valence-corrected chi connectivity index (χ0v) is 19.0. The van der Waals surface area contributed by atoms with Crippen LogP contribution in [0.15, 0.2) is 24.3 Å². The SMILES string of the molecule is CC[C@H](C)c1nc(C)c(Cc2cccc(C)c2)c(N2CCN(S(C)(=O)=O)CC2)n1. The molecule has 0 radical (unpaired) electrons. The van der Waals surface area contributed by atoms with Crippen LogP contribution in [0.3, 0.4) is 0 Å². The molecule has 1 aliphatic rings. The molecule has 7 heteroatoms. The quantitative estimate of drug-likeness (QED) is 0.723. The number of sulfonamides is 1. The smallest absolute Gasteiger partial charge is 0.211 e. The second-order valence-electron chi connectivity index (χ2n) is 8.09. The predicted molar refractivity (Wildman–Crippen MR) is 118 cm³/mol. The number of nitrogens with zero attached hydrogens (tertiary/aromatic N) is 4. The van der Waals surface area contributed by atoms with E-state index in [-0.39, 0.29) is 5.92 Å². The standard InChI is InChI=1S/C22H32N4O2S/c1-6-17(3)21-23-18(4)20(15-19-9-7-8-16(2)14-19)22(24-21)25-10-12-26(13-11-25)29(5,27)28/h7-9,14,17H,6,10-13,15H2,1-5H3/t17-/m0/s1. The summed E-state index contributed by atoms with van der Waals surface area (Å²) in [5, 5.41) is 0. The fourth-order valence-corrected chi connectivity index (χ4v) is 4.56. The lowest BCUT2D eigenvalue weighted by molar-refractivity contribution is 0.386. The van der Waals surface area contributed by atoms with Crippen LogP contribution in [0.4, 0.5) is 5.82 Å². The van der Waals surface area contributed by atoms with Crippen molar-refractivity contribution in [3.8, 4) is 0 Å². The monoisotopic (exact) mass is 416 g/mol. The fourth-order valence-electron chi connectivity index (χ4n) is 3.73. The van der Waals surface area contributed by atoms with E-state index in [2.05, 4.69) is 56.9 Å². The summed E-state index contributed by atoms with van der Waals surface area (Å²) in [7, 11) is -3.15. The molecule has 0 bridgehead atoms. The molecule has 0 amide bonds. The van der Waals surface area contributed by atoms with Gasteiger partial charge in [0, 0.05) is 49.8 Å². The number of aromatic nitrogens is 2. The summed E-state index contributed by atoms with van der Waals surface area (Å²) in [6.45, 7) is 10.7. The molecule has 0 spiro atoms. The summed E-state index contributed by atoms with van der Waals surface area (Å²) < 4.78 is 25.3. The molecular weight excluding hydrogens is 384 g/mol. The Morgan fingerprint density at radius 2 is 1.79 bits per heavy atom. The highest BCUT2D eigenvalue weighted by Gasteiger charge is 2.27. The number of benzene rings is 1. The molecule has 0 aliphatic carbocycles. The van der Waals surface area contributed by atoms with Crippen molar-refractivity contribution < 1.29 is 8.42 Å². The molecule has 6 nitrogen and oxygen atoms in total. The van der Waals surface area contributed by atoms with Crippen molar-refractivity contribution in [2.45, 2.75) is 46.5 Å². The molecule has 3 rings (SSSR count). The fraction of sp³-hybridized carbons (Fsp3) is 0.545. The number of hydrogen-bond acceptors (Lipinski definition) is 5. The molecule has 29 heavy (non-hydrogen) atoms. The molecule has 1 fully saturated rings. The molecule has 2 heterocycles. The van der Waals surface area contributed by atoms with Gasteiger partial charge in [0.25, 0.3) is 0 Å². The van der Waals surface area contributed by atoms with Crippen molar-refractivity contribution in [2.75, 3.05) is 37.3 Å². The average molecular weight is 417 g/mol. The molecule has 1 aliphatic heterocycles. The Balaban J connectivity index is 1.97. The Bertz CT molecular complexity index is 967. The van der Waals surface area contributed by atoms with Gasteiger partial charge < -0.3 is 4.90 Å². The number of aryl methyl sites for hydroxylation is 2. The van der Waals surface area contributed by atoms with Crippen LogP contribution < -0.4 is 4.90 Å². The first-order valence-corrected chi connectivity index (χ1v) is 12.2. The Hall–Kier alpha value is -1.99. The van der Waals surface area contributed by atoms with Crippen LogP contribution in [0.1, 0.15) is 54.4 Å². The van der Waals surface area contributed by atoms with Crippen molar-refractivity contribution in [3.05, 3.63) is 52.5 Å². The van der Waals surface area contributed by atoms with Gasteiger partial charge >= 0.3 is 0 Å². The number of rotatable bonds is 6. The molecule has 2 aromatic rings. The summed E-state index contributed by atoms with van der Waals surface area (Å²) in [5.41, 5.74) is 4.62. The number of piperazine rings is 1. The summed E-state index contributed by atoms with van der Waals surface area (Å²) in [6.07, 6.45) is 3.04. The minimum Gasteiger partial charge on any atom is -0.354 e. The van der Waals surface area contributed by atoms with Gasteiger partial charge in [-0.15, -0.1) is 0 Å². The van der Waals surface area contributed by atoms with E-state index in [9.17, 15) is 8.42 Å². The molecule has 0 saturated carbocycles. The third-order valence-corrected chi connectivity index (χ3v) is 7.04. The average Bonchev–Trinajstić information content (AvgIpc) is 2.68. The Kier molecular flexibility index (Phi) is 6.58. The lowest BCUT2D eigenvalue weighted by Crippen LogP contribution is -2.49. The van der Waals surface area contributed by atoms with E-state index < -0.39 is 10.0 Å². The largest absolute Gasteiger partial charge is 0.354 e. The molecule has 158 valence electrons. The maximum Gasteiger partial charge on any atom is 0.211 e. The summed E-state index contributed by atoms with van der Waals surface area (Å²) in [6, 6.07) is 8.52. The van der Waals surface area contributed by atoms with E-state index in [4.69, 9.17) is 9.97 Å². The van der Waals surface area contributed by atoms with Gasteiger partial charge in [-0.2, -0.15) is 4.31 Å². The highest BCUT2D eigenvalue weighted by atomic mass is 32.2. The van der Waals surface area contributed by atoms with Crippen molar-refractivity contribution >= 4 is 15.8 Å². The maximum atomic E-state index is 11.9. The molecule has 1 aromatic heterocycles.